The second-order valence-electron chi connectivity index (χ2n) is 4.68. The van der Waals surface area contributed by atoms with Gasteiger partial charge in [-0.2, -0.15) is 0 Å². The van der Waals surface area contributed by atoms with Crippen LogP contribution in [0.4, 0.5) is 5.69 Å². The fraction of sp³-hybridized carbons (Fsp3) is 0.125. The maximum atomic E-state index is 12.0. The summed E-state index contributed by atoms with van der Waals surface area (Å²) >= 11 is 0. The van der Waals surface area contributed by atoms with E-state index in [1.807, 2.05) is 0 Å². The third kappa shape index (κ3) is 3.60. The Morgan fingerprint density at radius 3 is 2.52 bits per heavy atom. The highest BCUT2D eigenvalue weighted by atomic mass is 16.4. The smallest absolute Gasteiger partial charge is 0.336 e. The molecule has 108 valence electrons. The minimum atomic E-state index is -1.03. The van der Waals surface area contributed by atoms with Gasteiger partial charge in [-0.1, -0.05) is 18.2 Å². The average molecular weight is 285 g/mol. The molecule has 5 nitrogen and oxygen atoms in total. The average Bonchev–Trinajstić information content (AvgIpc) is 2.40. The topological polar surface area (TPSA) is 86.6 Å². The van der Waals surface area contributed by atoms with E-state index in [2.05, 4.69) is 5.32 Å². The lowest BCUT2D eigenvalue weighted by Crippen LogP contribution is -2.16. The van der Waals surface area contributed by atoms with Crippen LogP contribution in [0.15, 0.2) is 42.5 Å². The van der Waals surface area contributed by atoms with Crippen LogP contribution in [-0.4, -0.2) is 22.1 Å². The van der Waals surface area contributed by atoms with E-state index in [-0.39, 0.29) is 23.6 Å². The van der Waals surface area contributed by atoms with Gasteiger partial charge in [0.25, 0.3) is 0 Å². The molecule has 0 bridgehead atoms. The first-order valence-corrected chi connectivity index (χ1v) is 6.38. The van der Waals surface area contributed by atoms with Crippen molar-refractivity contribution in [1.82, 2.24) is 0 Å². The predicted octanol–water partition coefficient (Wildman–Crippen LogP) is 2.58. The van der Waals surface area contributed by atoms with Crippen LogP contribution in [0.5, 0.6) is 5.75 Å². The number of carbonyl (C=O) groups excluding carboxylic acids is 1. The fourth-order valence-corrected chi connectivity index (χ4v) is 2.05. The minimum absolute atomic E-state index is 0.101. The van der Waals surface area contributed by atoms with Crippen LogP contribution in [-0.2, 0) is 11.2 Å². The lowest BCUT2D eigenvalue weighted by molar-refractivity contribution is -0.115. The number of aromatic carboxylic acids is 1. The van der Waals surface area contributed by atoms with E-state index >= 15 is 0 Å². The van der Waals surface area contributed by atoms with Gasteiger partial charge in [-0.25, -0.2) is 4.79 Å². The normalized spacial score (nSPS) is 10.1. The van der Waals surface area contributed by atoms with Crippen molar-refractivity contribution in [2.45, 2.75) is 13.3 Å². The van der Waals surface area contributed by atoms with E-state index in [9.17, 15) is 14.7 Å². The van der Waals surface area contributed by atoms with Crippen molar-refractivity contribution in [3.05, 3.63) is 59.2 Å². The molecular weight excluding hydrogens is 270 g/mol. The Morgan fingerprint density at radius 2 is 1.86 bits per heavy atom. The lowest BCUT2D eigenvalue weighted by atomic mass is 10.1. The summed E-state index contributed by atoms with van der Waals surface area (Å²) in [6, 6.07) is 11.2. The zero-order valence-corrected chi connectivity index (χ0v) is 11.5. The quantitative estimate of drug-likeness (QED) is 0.805. The van der Waals surface area contributed by atoms with Gasteiger partial charge in [0, 0.05) is 5.69 Å². The monoisotopic (exact) mass is 285 g/mol. The molecule has 2 aromatic rings. The molecule has 2 aromatic carbocycles. The summed E-state index contributed by atoms with van der Waals surface area (Å²) in [5.41, 5.74) is 1.82. The van der Waals surface area contributed by atoms with Crippen LogP contribution in [0, 0.1) is 6.92 Å². The third-order valence-electron chi connectivity index (χ3n) is 3.11. The molecule has 0 aromatic heterocycles. The first-order valence-electron chi connectivity index (χ1n) is 6.38. The van der Waals surface area contributed by atoms with Crippen LogP contribution in [0.1, 0.15) is 21.5 Å². The van der Waals surface area contributed by atoms with Crippen LogP contribution in [0.3, 0.4) is 0 Å². The summed E-state index contributed by atoms with van der Waals surface area (Å²) < 4.78 is 0. The molecule has 0 atom stereocenters. The highest BCUT2D eigenvalue weighted by molar-refractivity contribution is 5.96. The largest absolute Gasteiger partial charge is 0.508 e. The van der Waals surface area contributed by atoms with E-state index in [1.165, 1.54) is 18.2 Å². The van der Waals surface area contributed by atoms with Gasteiger partial charge in [0.2, 0.25) is 5.91 Å². The number of carboxylic acid groups (broad SMARTS) is 1. The summed E-state index contributed by atoms with van der Waals surface area (Å²) in [7, 11) is 0. The lowest BCUT2D eigenvalue weighted by Gasteiger charge is -2.10. The van der Waals surface area contributed by atoms with Gasteiger partial charge >= 0.3 is 5.97 Å². The highest BCUT2D eigenvalue weighted by Gasteiger charge is 2.12. The van der Waals surface area contributed by atoms with Crippen molar-refractivity contribution >= 4 is 17.6 Å². The van der Waals surface area contributed by atoms with E-state index < -0.39 is 5.97 Å². The van der Waals surface area contributed by atoms with E-state index in [1.54, 1.807) is 31.2 Å². The molecule has 21 heavy (non-hydrogen) atoms. The number of nitrogens with one attached hydrogen (secondary N) is 1. The number of anilines is 1. The van der Waals surface area contributed by atoms with Crippen molar-refractivity contribution in [3.63, 3.8) is 0 Å². The van der Waals surface area contributed by atoms with Gasteiger partial charge in [-0.05, 0) is 42.3 Å². The van der Waals surface area contributed by atoms with Gasteiger partial charge in [0.15, 0.2) is 0 Å². The summed E-state index contributed by atoms with van der Waals surface area (Å²) in [6.07, 6.45) is 0.102. The molecule has 0 saturated heterocycles. The molecule has 3 N–H and O–H groups in total. The fourth-order valence-electron chi connectivity index (χ4n) is 2.05. The molecule has 0 spiro atoms. The second kappa shape index (κ2) is 6.09. The molecule has 0 saturated carbocycles. The highest BCUT2D eigenvalue weighted by Crippen LogP contribution is 2.19. The van der Waals surface area contributed by atoms with E-state index in [0.717, 1.165) is 0 Å². The molecule has 0 radical (unpaired) electrons. The molecule has 0 fully saturated rings. The molecule has 0 aliphatic heterocycles. The summed E-state index contributed by atoms with van der Waals surface area (Å²) in [5, 5.41) is 21.1. The Bertz CT molecular complexity index is 694. The number of amides is 1. The van der Waals surface area contributed by atoms with Crippen LogP contribution >= 0.6 is 0 Å². The SMILES string of the molecule is Cc1c(NC(=O)Cc2cccc(O)c2)cccc1C(=O)O. The first kappa shape index (κ1) is 14.6. The number of carboxylic acids is 1. The van der Waals surface area contributed by atoms with Gasteiger partial charge < -0.3 is 15.5 Å². The first-order chi connectivity index (χ1) is 9.97. The summed E-state index contributed by atoms with van der Waals surface area (Å²) in [6.45, 7) is 1.65. The summed E-state index contributed by atoms with van der Waals surface area (Å²) in [5.74, 6) is -1.20. The Hall–Kier alpha value is -2.82. The van der Waals surface area contributed by atoms with Crippen molar-refractivity contribution in [3.8, 4) is 5.75 Å². The number of benzene rings is 2. The Balaban J connectivity index is 2.13. The third-order valence-corrected chi connectivity index (χ3v) is 3.11. The Labute approximate surface area is 121 Å². The molecule has 0 aliphatic rings. The van der Waals surface area contributed by atoms with Crippen molar-refractivity contribution in [2.75, 3.05) is 5.32 Å². The molecule has 5 heteroatoms. The predicted molar refractivity (Wildman–Crippen MR) is 78.6 cm³/mol. The minimum Gasteiger partial charge on any atom is -0.508 e. The number of phenolic OH excluding ortho intramolecular Hbond substituents is 1. The number of hydrogen-bond acceptors (Lipinski definition) is 3. The number of rotatable bonds is 4. The van der Waals surface area contributed by atoms with E-state index in [4.69, 9.17) is 5.11 Å². The van der Waals surface area contributed by atoms with Gasteiger partial charge in [-0.3, -0.25) is 4.79 Å². The van der Waals surface area contributed by atoms with Crippen LogP contribution in [0.25, 0.3) is 0 Å². The van der Waals surface area contributed by atoms with Crippen LogP contribution < -0.4 is 5.32 Å². The summed E-state index contributed by atoms with van der Waals surface area (Å²) in [4.78, 5) is 23.0. The molecule has 2 rings (SSSR count). The van der Waals surface area contributed by atoms with Gasteiger partial charge in [-0.15, -0.1) is 0 Å². The standard InChI is InChI=1S/C16H15NO4/c1-10-13(16(20)21)6-3-7-14(10)17-15(19)9-11-4-2-5-12(18)8-11/h2-8,18H,9H2,1H3,(H,17,19)(H,20,21). The second-order valence-corrected chi connectivity index (χ2v) is 4.68. The van der Waals surface area contributed by atoms with Crippen molar-refractivity contribution in [2.24, 2.45) is 0 Å². The molecule has 0 unspecified atom stereocenters. The zero-order chi connectivity index (χ0) is 15.4. The Kier molecular flexibility index (Phi) is 4.23. The van der Waals surface area contributed by atoms with Gasteiger partial charge in [0.1, 0.15) is 5.75 Å². The number of carbonyl (C=O) groups is 2. The number of aromatic hydroxyl groups is 1. The van der Waals surface area contributed by atoms with Crippen molar-refractivity contribution < 1.29 is 19.8 Å². The number of hydrogen-bond donors (Lipinski definition) is 3. The van der Waals surface area contributed by atoms with Gasteiger partial charge in [0.05, 0.1) is 12.0 Å². The molecule has 0 heterocycles. The number of phenols is 1. The maximum Gasteiger partial charge on any atom is 0.336 e. The molecule has 1 amide bonds. The molecule has 0 aliphatic carbocycles. The zero-order valence-electron chi connectivity index (χ0n) is 11.5. The van der Waals surface area contributed by atoms with Crippen molar-refractivity contribution in [1.29, 1.82) is 0 Å². The van der Waals surface area contributed by atoms with Crippen LogP contribution in [0.2, 0.25) is 0 Å². The maximum absolute atomic E-state index is 12.0. The Morgan fingerprint density at radius 1 is 1.14 bits per heavy atom. The molecular formula is C16H15NO4. The van der Waals surface area contributed by atoms with E-state index in [0.29, 0.717) is 16.8 Å².